The summed E-state index contributed by atoms with van der Waals surface area (Å²) in [7, 11) is 0. The molecular formula is C20H23GeN. The van der Waals surface area contributed by atoms with Gasteiger partial charge in [-0.3, -0.25) is 0 Å². The van der Waals surface area contributed by atoms with Crippen LogP contribution in [0.4, 0.5) is 0 Å². The molecule has 0 saturated heterocycles. The first kappa shape index (κ1) is 15.3. The van der Waals surface area contributed by atoms with E-state index in [0.717, 1.165) is 11.2 Å². The molecule has 0 fully saturated rings. The molecule has 0 N–H and O–H groups in total. The zero-order chi connectivity index (χ0) is 15.9. The van der Waals surface area contributed by atoms with E-state index < -0.39 is 13.3 Å². The third-order valence-electron chi connectivity index (χ3n) is 4.08. The number of rotatable bonds is 2. The van der Waals surface area contributed by atoms with Crippen molar-refractivity contribution < 1.29 is 0 Å². The second-order valence-corrected chi connectivity index (χ2v) is 17.9. The predicted octanol–water partition coefficient (Wildman–Crippen LogP) is 5.06. The van der Waals surface area contributed by atoms with E-state index in [1.807, 2.05) is 0 Å². The summed E-state index contributed by atoms with van der Waals surface area (Å²) in [6, 6.07) is 17.8. The van der Waals surface area contributed by atoms with E-state index in [9.17, 15) is 0 Å². The summed E-state index contributed by atoms with van der Waals surface area (Å²) >= 11 is -1.81. The molecule has 112 valence electrons. The van der Waals surface area contributed by atoms with E-state index in [1.165, 1.54) is 26.5 Å². The quantitative estimate of drug-likeness (QED) is 0.589. The van der Waals surface area contributed by atoms with Crippen molar-refractivity contribution in [2.24, 2.45) is 0 Å². The van der Waals surface area contributed by atoms with Gasteiger partial charge in [0, 0.05) is 0 Å². The number of pyridine rings is 1. The van der Waals surface area contributed by atoms with Crippen LogP contribution >= 0.6 is 0 Å². The fourth-order valence-corrected chi connectivity index (χ4v) is 5.29. The number of hydrogen-bond donors (Lipinski definition) is 0. The molecule has 0 amide bonds. The van der Waals surface area contributed by atoms with Crippen molar-refractivity contribution in [1.29, 1.82) is 0 Å². The summed E-state index contributed by atoms with van der Waals surface area (Å²) in [4.78, 5) is 4.93. The van der Waals surface area contributed by atoms with Crippen LogP contribution in [-0.4, -0.2) is 18.3 Å². The molecule has 0 saturated carbocycles. The zero-order valence-electron chi connectivity index (χ0n) is 14.1. The standard InChI is InChI=1S/C20H23GeN/c1-14-10-15(2)12-17(11-14)19-9-7-16-6-8-18(21(3,4)5)13-20(16)22-19/h6-13H,1-5H3. The van der Waals surface area contributed by atoms with Crippen molar-refractivity contribution in [1.82, 2.24) is 4.98 Å². The minimum absolute atomic E-state index is 1.07. The Morgan fingerprint density at radius 3 is 2.05 bits per heavy atom. The van der Waals surface area contributed by atoms with E-state index in [4.69, 9.17) is 4.98 Å². The van der Waals surface area contributed by atoms with Crippen molar-refractivity contribution in [2.45, 2.75) is 31.1 Å². The fraction of sp³-hybridized carbons (Fsp3) is 0.250. The average Bonchev–Trinajstić information content (AvgIpc) is 2.44. The van der Waals surface area contributed by atoms with Gasteiger partial charge >= 0.3 is 136 Å². The second-order valence-electron chi connectivity index (χ2n) is 7.23. The van der Waals surface area contributed by atoms with E-state index in [1.54, 1.807) is 0 Å². The molecular weight excluding hydrogens is 327 g/mol. The molecule has 0 unspecified atom stereocenters. The molecule has 1 nitrogen and oxygen atoms in total. The Morgan fingerprint density at radius 1 is 0.773 bits per heavy atom. The molecule has 22 heavy (non-hydrogen) atoms. The predicted molar refractivity (Wildman–Crippen MR) is 99.6 cm³/mol. The normalized spacial score (nSPS) is 11.9. The molecule has 3 aromatic rings. The van der Waals surface area contributed by atoms with E-state index in [-0.39, 0.29) is 0 Å². The number of aromatic nitrogens is 1. The van der Waals surface area contributed by atoms with Gasteiger partial charge in [-0.15, -0.1) is 0 Å². The van der Waals surface area contributed by atoms with Gasteiger partial charge in [0.15, 0.2) is 0 Å². The first-order valence-electron chi connectivity index (χ1n) is 7.83. The number of benzene rings is 2. The Bertz CT molecular complexity index is 824. The summed E-state index contributed by atoms with van der Waals surface area (Å²) in [5, 5.41) is 1.23. The van der Waals surface area contributed by atoms with Crippen LogP contribution in [0, 0.1) is 13.8 Å². The van der Waals surface area contributed by atoms with Crippen LogP contribution in [0.3, 0.4) is 0 Å². The van der Waals surface area contributed by atoms with Crippen molar-refractivity contribution in [3.8, 4) is 11.3 Å². The van der Waals surface area contributed by atoms with E-state index >= 15 is 0 Å². The SMILES string of the molecule is Cc1cc(C)cc(-c2ccc3cc[c]([Ge]([CH3])([CH3])[CH3])cc3n2)c1. The Morgan fingerprint density at radius 2 is 1.41 bits per heavy atom. The van der Waals surface area contributed by atoms with Gasteiger partial charge in [0.1, 0.15) is 0 Å². The monoisotopic (exact) mass is 351 g/mol. The van der Waals surface area contributed by atoms with Crippen molar-refractivity contribution >= 4 is 28.6 Å². The van der Waals surface area contributed by atoms with Crippen LogP contribution in [0.15, 0.2) is 48.5 Å². The molecule has 1 heterocycles. The summed E-state index contributed by atoms with van der Waals surface area (Å²) in [5.74, 6) is 7.28. The molecule has 0 aliphatic carbocycles. The van der Waals surface area contributed by atoms with Crippen molar-refractivity contribution in [2.75, 3.05) is 0 Å². The molecule has 0 bridgehead atoms. The van der Waals surface area contributed by atoms with Crippen LogP contribution in [-0.2, 0) is 0 Å². The van der Waals surface area contributed by atoms with Crippen LogP contribution in [0.2, 0.25) is 17.3 Å². The number of aryl methyl sites for hydroxylation is 2. The second kappa shape index (κ2) is 5.55. The molecule has 2 aromatic carbocycles. The Kier molecular flexibility index (Phi) is 3.86. The molecule has 0 aliphatic heterocycles. The molecule has 2 heteroatoms. The summed E-state index contributed by atoms with van der Waals surface area (Å²) in [6.07, 6.45) is 0. The van der Waals surface area contributed by atoms with E-state index in [2.05, 4.69) is 79.6 Å². The summed E-state index contributed by atoms with van der Waals surface area (Å²) in [6.45, 7) is 4.28. The minimum atomic E-state index is -1.81. The third kappa shape index (κ3) is 3.10. The molecule has 1 aromatic heterocycles. The Labute approximate surface area is 135 Å². The maximum atomic E-state index is 4.93. The van der Waals surface area contributed by atoms with Crippen LogP contribution in [0.5, 0.6) is 0 Å². The maximum absolute atomic E-state index is 4.93. The Hall–Kier alpha value is -1.61. The topological polar surface area (TPSA) is 12.9 Å². The third-order valence-corrected chi connectivity index (χ3v) is 8.36. The molecule has 3 rings (SSSR count). The average molecular weight is 350 g/mol. The summed E-state index contributed by atoms with van der Waals surface area (Å²) < 4.78 is 1.51. The fourth-order valence-electron chi connectivity index (χ4n) is 2.87. The molecule has 0 atom stereocenters. The van der Waals surface area contributed by atoms with Crippen molar-refractivity contribution in [3.63, 3.8) is 0 Å². The first-order valence-corrected chi connectivity index (χ1v) is 15.2. The van der Waals surface area contributed by atoms with Gasteiger partial charge in [-0.1, -0.05) is 0 Å². The van der Waals surface area contributed by atoms with Gasteiger partial charge in [0.2, 0.25) is 0 Å². The number of nitrogens with zero attached hydrogens (tertiary/aromatic N) is 1. The number of fused-ring (bicyclic) bond motifs is 1. The van der Waals surface area contributed by atoms with Gasteiger partial charge in [-0.05, 0) is 0 Å². The number of hydrogen-bond acceptors (Lipinski definition) is 1. The molecule has 0 aliphatic rings. The van der Waals surface area contributed by atoms with Gasteiger partial charge in [0.25, 0.3) is 0 Å². The van der Waals surface area contributed by atoms with Crippen LogP contribution < -0.4 is 4.40 Å². The van der Waals surface area contributed by atoms with Gasteiger partial charge in [0.05, 0.1) is 0 Å². The summed E-state index contributed by atoms with van der Waals surface area (Å²) in [5.41, 5.74) is 5.97. The van der Waals surface area contributed by atoms with E-state index in [0.29, 0.717) is 0 Å². The van der Waals surface area contributed by atoms with Crippen LogP contribution in [0.1, 0.15) is 11.1 Å². The zero-order valence-corrected chi connectivity index (χ0v) is 16.2. The van der Waals surface area contributed by atoms with Gasteiger partial charge < -0.3 is 0 Å². The van der Waals surface area contributed by atoms with Gasteiger partial charge in [-0.2, -0.15) is 0 Å². The molecule has 0 spiro atoms. The van der Waals surface area contributed by atoms with Crippen molar-refractivity contribution in [3.05, 3.63) is 59.7 Å². The first-order chi connectivity index (χ1) is 10.3. The molecule has 0 radical (unpaired) electrons. The van der Waals surface area contributed by atoms with Gasteiger partial charge in [-0.25, -0.2) is 0 Å². The van der Waals surface area contributed by atoms with Crippen LogP contribution in [0.25, 0.3) is 22.2 Å². The Balaban J connectivity index is 2.15.